The minimum Gasteiger partial charge on any atom is -0.497 e. The Morgan fingerprint density at radius 1 is 0.761 bits per heavy atom. The maximum atomic E-state index is 14.2. The number of nitrogens with zero attached hydrogens (tertiary/aromatic N) is 2. The van der Waals surface area contributed by atoms with Crippen LogP contribution in [-0.4, -0.2) is 24.1 Å². The van der Waals surface area contributed by atoms with Crippen molar-refractivity contribution in [2.24, 2.45) is 0 Å². The highest BCUT2D eigenvalue weighted by molar-refractivity contribution is 7.99. The summed E-state index contributed by atoms with van der Waals surface area (Å²) >= 11 is 1.72. The van der Waals surface area contributed by atoms with Crippen molar-refractivity contribution in [3.8, 4) is 23.1 Å². The van der Waals surface area contributed by atoms with Crippen molar-refractivity contribution in [3.05, 3.63) is 151 Å². The number of hydrogen-bond acceptors (Lipinski definition) is 6. The molecule has 2 aliphatic heterocycles. The first kappa shape index (κ1) is 28.2. The molecule has 7 heteroatoms. The van der Waals surface area contributed by atoms with E-state index in [2.05, 4.69) is 24.3 Å². The number of benzene rings is 5. The predicted octanol–water partition coefficient (Wildman–Crippen LogP) is 8.96. The van der Waals surface area contributed by atoms with Gasteiger partial charge in [0.1, 0.15) is 22.8 Å². The summed E-state index contributed by atoms with van der Waals surface area (Å²) in [5, 5.41) is 0.781. The minimum atomic E-state index is -0.800. The van der Waals surface area contributed by atoms with Crippen LogP contribution in [0.25, 0.3) is 10.9 Å². The molecule has 1 aromatic heterocycles. The van der Waals surface area contributed by atoms with E-state index >= 15 is 0 Å². The molecule has 46 heavy (non-hydrogen) atoms. The molecule has 3 unspecified atom stereocenters. The second-order valence-electron chi connectivity index (χ2n) is 11.4. The lowest BCUT2D eigenvalue weighted by Gasteiger charge is -2.57. The van der Waals surface area contributed by atoms with Crippen LogP contribution >= 0.6 is 11.8 Å². The molecule has 0 saturated carbocycles. The van der Waals surface area contributed by atoms with Gasteiger partial charge in [0.25, 0.3) is 5.91 Å². The molecular formula is C39H30N2O4S. The van der Waals surface area contributed by atoms with Gasteiger partial charge in [-0.15, -0.1) is 11.8 Å². The number of fused-ring (bicyclic) bond motifs is 4. The number of anilines is 1. The predicted molar refractivity (Wildman–Crippen MR) is 181 cm³/mol. The zero-order valence-electron chi connectivity index (χ0n) is 25.1. The van der Waals surface area contributed by atoms with Gasteiger partial charge in [0, 0.05) is 21.1 Å². The molecule has 0 N–H and O–H groups in total. The van der Waals surface area contributed by atoms with Crippen molar-refractivity contribution in [2.75, 3.05) is 12.0 Å². The van der Waals surface area contributed by atoms with Crippen LogP contribution in [-0.2, 0) is 10.3 Å². The Morgan fingerprint density at radius 3 is 2.17 bits per heavy atom. The van der Waals surface area contributed by atoms with E-state index in [0.29, 0.717) is 23.8 Å². The van der Waals surface area contributed by atoms with Gasteiger partial charge in [-0.1, -0.05) is 78.9 Å². The molecule has 1 fully saturated rings. The lowest BCUT2D eigenvalue weighted by atomic mass is 9.70. The van der Waals surface area contributed by atoms with Crippen LogP contribution in [0.3, 0.4) is 0 Å². The fourth-order valence-electron chi connectivity index (χ4n) is 6.59. The Bertz CT molecular complexity index is 2040. The molecule has 5 aromatic carbocycles. The van der Waals surface area contributed by atoms with Gasteiger partial charge in [-0.3, -0.25) is 9.69 Å². The van der Waals surface area contributed by atoms with Crippen LogP contribution in [0.4, 0.5) is 5.69 Å². The second kappa shape index (κ2) is 11.6. The summed E-state index contributed by atoms with van der Waals surface area (Å²) in [7, 11) is 1.67. The number of amides is 1. The number of para-hydroxylation sites is 3. The number of thioether (sulfide) groups is 1. The van der Waals surface area contributed by atoms with Gasteiger partial charge >= 0.3 is 0 Å². The number of methoxy groups -OCH3 is 1. The van der Waals surface area contributed by atoms with E-state index in [4.69, 9.17) is 19.2 Å². The Labute approximate surface area is 271 Å². The molecule has 3 heterocycles. The second-order valence-corrected chi connectivity index (χ2v) is 12.7. The summed E-state index contributed by atoms with van der Waals surface area (Å²) in [5.74, 6) is 2.57. The highest BCUT2D eigenvalue weighted by atomic mass is 32.2. The van der Waals surface area contributed by atoms with Crippen LogP contribution in [0.15, 0.2) is 144 Å². The standard InChI is InChI=1S/C39H30N2O4S/c1-43-30-21-22-32-26(23-30)24-31(37(40-32)45-29-17-9-4-10-18-29)35-25-39(27-13-5-2-6-14-27)36(44-28-15-7-3-8-16-28)38(42)41(39)33-19-11-12-20-34(33)46-35/h2-24,35-36H,25H2,1H3. The molecular weight excluding hydrogens is 593 g/mol. The summed E-state index contributed by atoms with van der Waals surface area (Å²) in [6.07, 6.45) is -0.180. The van der Waals surface area contributed by atoms with Gasteiger partial charge in [-0.05, 0) is 72.6 Å². The van der Waals surface area contributed by atoms with Crippen molar-refractivity contribution in [1.29, 1.82) is 0 Å². The largest absolute Gasteiger partial charge is 0.497 e. The van der Waals surface area contributed by atoms with Gasteiger partial charge in [-0.25, -0.2) is 4.98 Å². The molecule has 226 valence electrons. The van der Waals surface area contributed by atoms with E-state index < -0.39 is 11.6 Å². The summed E-state index contributed by atoms with van der Waals surface area (Å²) in [5.41, 5.74) is 2.82. The van der Waals surface area contributed by atoms with E-state index in [0.717, 1.165) is 38.4 Å². The number of aromatic nitrogens is 1. The first-order chi connectivity index (χ1) is 22.6. The average molecular weight is 623 g/mol. The smallest absolute Gasteiger partial charge is 0.271 e. The number of ether oxygens (including phenoxy) is 3. The van der Waals surface area contributed by atoms with Crippen LogP contribution in [0.2, 0.25) is 0 Å². The number of pyridine rings is 1. The van der Waals surface area contributed by atoms with E-state index in [-0.39, 0.29) is 11.2 Å². The molecule has 0 bridgehead atoms. The number of carbonyl (C=O) groups excluding carboxylic acids is 1. The molecule has 6 nitrogen and oxygen atoms in total. The van der Waals surface area contributed by atoms with E-state index in [9.17, 15) is 4.79 Å². The minimum absolute atomic E-state index is 0.0662. The molecule has 1 amide bonds. The Hall–Kier alpha value is -5.27. The van der Waals surface area contributed by atoms with Crippen LogP contribution < -0.4 is 19.1 Å². The fourth-order valence-corrected chi connectivity index (χ4v) is 7.97. The van der Waals surface area contributed by atoms with Gasteiger partial charge in [0.05, 0.1) is 18.3 Å². The lowest BCUT2D eigenvalue weighted by molar-refractivity contribution is -0.142. The Morgan fingerprint density at radius 2 is 1.43 bits per heavy atom. The monoisotopic (exact) mass is 622 g/mol. The highest BCUT2D eigenvalue weighted by Gasteiger charge is 2.65. The third-order valence-corrected chi connectivity index (χ3v) is 10.0. The molecule has 8 rings (SSSR count). The molecule has 0 aliphatic carbocycles. The van der Waals surface area contributed by atoms with Crippen LogP contribution in [0, 0.1) is 0 Å². The summed E-state index contributed by atoms with van der Waals surface area (Å²) in [6.45, 7) is 0. The zero-order chi connectivity index (χ0) is 31.1. The highest BCUT2D eigenvalue weighted by Crippen LogP contribution is 2.60. The summed E-state index contributed by atoms with van der Waals surface area (Å²) < 4.78 is 18.7. The van der Waals surface area contributed by atoms with Crippen molar-refractivity contribution >= 4 is 34.3 Å². The average Bonchev–Trinajstić information content (AvgIpc) is 3.24. The van der Waals surface area contributed by atoms with Crippen molar-refractivity contribution in [3.63, 3.8) is 0 Å². The summed E-state index contributed by atoms with van der Waals surface area (Å²) in [4.78, 5) is 22.3. The number of rotatable bonds is 7. The first-order valence-corrected chi connectivity index (χ1v) is 16.1. The topological polar surface area (TPSA) is 60.9 Å². The molecule has 0 radical (unpaired) electrons. The zero-order valence-corrected chi connectivity index (χ0v) is 25.9. The first-order valence-electron chi connectivity index (χ1n) is 15.2. The fraction of sp³-hybridized carbons (Fsp3) is 0.128. The quantitative estimate of drug-likeness (QED) is 0.166. The van der Waals surface area contributed by atoms with Crippen molar-refractivity contribution in [1.82, 2.24) is 4.98 Å². The Kier molecular flexibility index (Phi) is 7.11. The van der Waals surface area contributed by atoms with Gasteiger partial charge in [-0.2, -0.15) is 0 Å². The maximum absolute atomic E-state index is 14.2. The third kappa shape index (κ3) is 4.75. The van der Waals surface area contributed by atoms with Crippen molar-refractivity contribution in [2.45, 2.75) is 28.2 Å². The number of carbonyl (C=O) groups is 1. The molecule has 2 aliphatic rings. The summed E-state index contributed by atoms with van der Waals surface area (Å²) in [6, 6.07) is 45.7. The normalized spacial score (nSPS) is 20.2. The number of hydrogen-bond donors (Lipinski definition) is 0. The Balaban J connectivity index is 1.34. The van der Waals surface area contributed by atoms with Gasteiger partial charge < -0.3 is 14.2 Å². The van der Waals surface area contributed by atoms with E-state index in [1.807, 2.05) is 120 Å². The molecule has 0 spiro atoms. The van der Waals surface area contributed by atoms with E-state index in [1.165, 1.54) is 0 Å². The maximum Gasteiger partial charge on any atom is 0.271 e. The van der Waals surface area contributed by atoms with Gasteiger partial charge in [0.2, 0.25) is 12.0 Å². The molecule has 1 saturated heterocycles. The van der Waals surface area contributed by atoms with Gasteiger partial charge in [0.15, 0.2) is 0 Å². The van der Waals surface area contributed by atoms with Crippen molar-refractivity contribution < 1.29 is 19.0 Å². The SMILES string of the molecule is COc1ccc2nc(Oc3ccccc3)c(C3CC4(c5ccccc5)C(Oc5ccccc5)C(=O)N4c4ccccc4S3)cc2c1. The third-order valence-electron chi connectivity index (χ3n) is 8.74. The van der Waals surface area contributed by atoms with E-state index in [1.54, 1.807) is 18.9 Å². The number of β-lactam (4-membered cyclic amide) rings is 1. The lowest BCUT2D eigenvalue weighted by Crippen LogP contribution is -2.74. The molecule has 3 atom stereocenters. The van der Waals surface area contributed by atoms with Crippen LogP contribution in [0.1, 0.15) is 22.8 Å². The van der Waals surface area contributed by atoms with Crippen LogP contribution in [0.5, 0.6) is 23.1 Å². The molecule has 6 aromatic rings.